The maximum Gasteiger partial charge on any atom is 0.255 e. The Balaban J connectivity index is 1.30. The van der Waals surface area contributed by atoms with Gasteiger partial charge in [-0.25, -0.2) is 15.0 Å². The van der Waals surface area contributed by atoms with Gasteiger partial charge >= 0.3 is 0 Å². The van der Waals surface area contributed by atoms with Crippen LogP contribution in [-0.2, 0) is 0 Å². The summed E-state index contributed by atoms with van der Waals surface area (Å²) in [6.07, 6.45) is 4.94. The van der Waals surface area contributed by atoms with Crippen molar-refractivity contribution in [3.63, 3.8) is 0 Å². The molecule has 0 radical (unpaired) electrons. The molecule has 0 aliphatic carbocycles. The number of aryl methyl sites for hydroxylation is 1. The number of carbonyl (C=O) groups excluding carboxylic acids is 1. The Kier molecular flexibility index (Phi) is 6.86. The summed E-state index contributed by atoms with van der Waals surface area (Å²) in [6, 6.07) is 19.3. The summed E-state index contributed by atoms with van der Waals surface area (Å²) in [6.45, 7) is 6.13. The van der Waals surface area contributed by atoms with Gasteiger partial charge in [0.05, 0.1) is 5.69 Å². The highest BCUT2D eigenvalue weighted by Gasteiger charge is 2.15. The third kappa shape index (κ3) is 5.34. The molecule has 1 aliphatic heterocycles. The van der Waals surface area contributed by atoms with Crippen LogP contribution in [0.5, 0.6) is 0 Å². The van der Waals surface area contributed by atoms with Crippen LogP contribution in [0.1, 0.15) is 15.9 Å². The fraction of sp³-hybridized carbons (Fsp3) is 0.214. The van der Waals surface area contributed by atoms with E-state index >= 15 is 0 Å². The molecule has 3 heterocycles. The maximum absolute atomic E-state index is 13.1. The Bertz CT molecular complexity index is 1330. The lowest BCUT2D eigenvalue weighted by Gasteiger charge is -2.34. The van der Waals surface area contributed by atoms with Gasteiger partial charge in [0, 0.05) is 66.8 Å². The highest BCUT2D eigenvalue weighted by Crippen LogP contribution is 2.29. The van der Waals surface area contributed by atoms with Crippen LogP contribution in [0.4, 0.5) is 22.9 Å². The lowest BCUT2D eigenvalue weighted by Crippen LogP contribution is -2.44. The molecular weight excluding hydrogens is 450 g/mol. The van der Waals surface area contributed by atoms with Crippen molar-refractivity contribution in [2.24, 2.45) is 0 Å². The van der Waals surface area contributed by atoms with Gasteiger partial charge in [-0.1, -0.05) is 6.07 Å². The van der Waals surface area contributed by atoms with E-state index in [1.165, 1.54) is 12.0 Å². The number of anilines is 4. The van der Waals surface area contributed by atoms with Crippen molar-refractivity contribution in [1.29, 1.82) is 0 Å². The van der Waals surface area contributed by atoms with Crippen molar-refractivity contribution < 1.29 is 4.79 Å². The second-order valence-electron chi connectivity index (χ2n) is 8.94. The minimum Gasteiger partial charge on any atom is -0.369 e. The molecule has 4 aromatic rings. The van der Waals surface area contributed by atoms with E-state index in [9.17, 15) is 4.79 Å². The van der Waals surface area contributed by atoms with Gasteiger partial charge in [0.2, 0.25) is 0 Å². The van der Waals surface area contributed by atoms with Crippen LogP contribution >= 0.6 is 0 Å². The Morgan fingerprint density at radius 2 is 1.72 bits per heavy atom. The SMILES string of the molecule is Cc1ccc(C(=O)Nc2ccc(N3CCN(C)CC3)cc2)cc1Nc1ncccc1-c1ccncn1. The largest absolute Gasteiger partial charge is 0.369 e. The summed E-state index contributed by atoms with van der Waals surface area (Å²) in [4.78, 5) is 30.6. The molecule has 5 rings (SSSR count). The first-order valence-corrected chi connectivity index (χ1v) is 12.0. The van der Waals surface area contributed by atoms with Gasteiger partial charge in [-0.05, 0) is 74.1 Å². The molecule has 0 saturated carbocycles. The number of pyridine rings is 1. The molecule has 0 bridgehead atoms. The van der Waals surface area contributed by atoms with Crippen molar-refractivity contribution in [1.82, 2.24) is 19.9 Å². The van der Waals surface area contributed by atoms with Gasteiger partial charge in [0.25, 0.3) is 5.91 Å². The minimum absolute atomic E-state index is 0.164. The van der Waals surface area contributed by atoms with E-state index in [2.05, 4.69) is 54.6 Å². The van der Waals surface area contributed by atoms with Gasteiger partial charge in [-0.15, -0.1) is 0 Å². The van der Waals surface area contributed by atoms with Crippen LogP contribution < -0.4 is 15.5 Å². The normalized spacial score (nSPS) is 13.9. The molecule has 1 fully saturated rings. The summed E-state index contributed by atoms with van der Waals surface area (Å²) in [5.74, 6) is 0.499. The van der Waals surface area contributed by atoms with Gasteiger partial charge < -0.3 is 20.4 Å². The topological polar surface area (TPSA) is 86.3 Å². The van der Waals surface area contributed by atoms with Crippen LogP contribution in [0, 0.1) is 6.92 Å². The molecular formula is C28H29N7O. The monoisotopic (exact) mass is 479 g/mol. The number of piperazine rings is 1. The van der Waals surface area contributed by atoms with E-state index in [0.29, 0.717) is 11.4 Å². The fourth-order valence-electron chi connectivity index (χ4n) is 4.21. The number of carbonyl (C=O) groups is 1. The number of hydrogen-bond donors (Lipinski definition) is 2. The van der Waals surface area contributed by atoms with E-state index < -0.39 is 0 Å². The second-order valence-corrected chi connectivity index (χ2v) is 8.94. The number of aromatic nitrogens is 3. The number of amides is 1. The van der Waals surface area contributed by atoms with Crippen molar-refractivity contribution in [3.05, 3.63) is 90.5 Å². The predicted octanol–water partition coefficient (Wildman–Crippen LogP) is 4.59. The smallest absolute Gasteiger partial charge is 0.255 e. The van der Waals surface area contributed by atoms with Crippen LogP contribution in [0.3, 0.4) is 0 Å². The van der Waals surface area contributed by atoms with Crippen molar-refractivity contribution in [3.8, 4) is 11.3 Å². The molecule has 182 valence electrons. The minimum atomic E-state index is -0.164. The van der Waals surface area contributed by atoms with E-state index in [1.807, 2.05) is 55.5 Å². The Morgan fingerprint density at radius 3 is 2.47 bits per heavy atom. The van der Waals surface area contributed by atoms with Crippen LogP contribution in [0.2, 0.25) is 0 Å². The molecule has 1 aliphatic rings. The molecule has 2 N–H and O–H groups in total. The fourth-order valence-corrected chi connectivity index (χ4v) is 4.21. The van der Waals surface area contributed by atoms with Crippen LogP contribution in [0.25, 0.3) is 11.3 Å². The zero-order valence-corrected chi connectivity index (χ0v) is 20.5. The van der Waals surface area contributed by atoms with E-state index in [4.69, 9.17) is 0 Å². The summed E-state index contributed by atoms with van der Waals surface area (Å²) < 4.78 is 0. The third-order valence-corrected chi connectivity index (χ3v) is 6.41. The summed E-state index contributed by atoms with van der Waals surface area (Å²) in [5, 5.41) is 6.40. The molecule has 2 aromatic heterocycles. The first-order chi connectivity index (χ1) is 17.6. The molecule has 0 spiro atoms. The molecule has 1 saturated heterocycles. The molecule has 36 heavy (non-hydrogen) atoms. The molecule has 0 atom stereocenters. The number of benzene rings is 2. The average Bonchev–Trinajstić information content (AvgIpc) is 2.91. The predicted molar refractivity (Wildman–Crippen MR) is 144 cm³/mol. The van der Waals surface area contributed by atoms with E-state index in [1.54, 1.807) is 12.4 Å². The van der Waals surface area contributed by atoms with Gasteiger partial charge in [0.1, 0.15) is 12.1 Å². The van der Waals surface area contributed by atoms with Gasteiger partial charge in [0.15, 0.2) is 0 Å². The van der Waals surface area contributed by atoms with Gasteiger partial charge in [-0.3, -0.25) is 4.79 Å². The number of nitrogens with zero attached hydrogens (tertiary/aromatic N) is 5. The molecule has 8 heteroatoms. The second kappa shape index (κ2) is 10.5. The standard InChI is InChI=1S/C28H29N7O/c1-20-5-6-21(18-26(20)33-27-24(4-3-12-30-27)25-11-13-29-19-31-25)28(36)32-22-7-9-23(10-8-22)35-16-14-34(2)15-17-35/h3-13,18-19H,14-17H2,1-2H3,(H,30,33)(H,32,36). The molecule has 0 unspecified atom stereocenters. The zero-order chi connectivity index (χ0) is 24.9. The maximum atomic E-state index is 13.1. The van der Waals surface area contributed by atoms with Crippen molar-refractivity contribution >= 4 is 28.8 Å². The molecule has 8 nitrogen and oxygen atoms in total. The quantitative estimate of drug-likeness (QED) is 0.418. The first-order valence-electron chi connectivity index (χ1n) is 12.0. The van der Waals surface area contributed by atoms with Crippen LogP contribution in [0.15, 0.2) is 79.4 Å². The Hall–Kier alpha value is -4.30. The highest BCUT2D eigenvalue weighted by molar-refractivity contribution is 6.05. The van der Waals surface area contributed by atoms with Gasteiger partial charge in [-0.2, -0.15) is 0 Å². The first kappa shape index (κ1) is 23.4. The number of hydrogen-bond acceptors (Lipinski definition) is 7. The molecule has 2 aromatic carbocycles. The average molecular weight is 480 g/mol. The number of rotatable bonds is 6. The highest BCUT2D eigenvalue weighted by atomic mass is 16.1. The van der Waals surface area contributed by atoms with Crippen molar-refractivity contribution in [2.45, 2.75) is 6.92 Å². The number of nitrogens with one attached hydrogen (secondary N) is 2. The Labute approximate surface area is 211 Å². The lowest BCUT2D eigenvalue weighted by molar-refractivity contribution is 0.102. The summed E-state index contributed by atoms with van der Waals surface area (Å²) >= 11 is 0. The van der Waals surface area contributed by atoms with Crippen molar-refractivity contribution in [2.75, 3.05) is 48.8 Å². The summed E-state index contributed by atoms with van der Waals surface area (Å²) in [7, 11) is 2.15. The third-order valence-electron chi connectivity index (χ3n) is 6.41. The lowest BCUT2D eigenvalue weighted by atomic mass is 10.1. The molecule has 1 amide bonds. The van der Waals surface area contributed by atoms with E-state index in [-0.39, 0.29) is 5.91 Å². The zero-order valence-electron chi connectivity index (χ0n) is 20.5. The Morgan fingerprint density at radius 1 is 0.917 bits per heavy atom. The van der Waals surface area contributed by atoms with E-state index in [0.717, 1.165) is 54.4 Å². The van der Waals surface area contributed by atoms with Crippen LogP contribution in [-0.4, -0.2) is 59.0 Å². The number of likely N-dealkylation sites (N-methyl/N-ethyl adjacent to an activating group) is 1. The summed E-state index contributed by atoms with van der Waals surface area (Å²) in [5.41, 5.74) is 5.94.